The predicted molar refractivity (Wildman–Crippen MR) is 56.9 cm³/mol. The van der Waals surface area contributed by atoms with Gasteiger partial charge in [-0.3, -0.25) is 4.99 Å². The molecule has 0 aromatic heterocycles. The third-order valence-electron chi connectivity index (χ3n) is 1.94. The van der Waals surface area contributed by atoms with Crippen LogP contribution in [-0.2, 0) is 6.42 Å². The highest BCUT2D eigenvalue weighted by Gasteiger charge is 2.03. The first-order chi connectivity index (χ1) is 6.67. The normalized spacial score (nSPS) is 11.5. The molecular formula is C10H14FN3. The lowest BCUT2D eigenvalue weighted by Gasteiger charge is -2.07. The molecule has 1 aromatic rings. The molecule has 0 unspecified atom stereocenters. The number of nitrogens with one attached hydrogen (secondary N) is 1. The van der Waals surface area contributed by atoms with Crippen molar-refractivity contribution in [3.63, 3.8) is 0 Å². The number of rotatable bonds is 2. The van der Waals surface area contributed by atoms with Gasteiger partial charge in [0, 0.05) is 7.05 Å². The summed E-state index contributed by atoms with van der Waals surface area (Å²) in [5.74, 6) is -0.119. The minimum atomic E-state index is -0.325. The van der Waals surface area contributed by atoms with E-state index in [1.807, 2.05) is 6.92 Å². The number of halogens is 1. The van der Waals surface area contributed by atoms with Gasteiger partial charge in [0.25, 0.3) is 0 Å². The van der Waals surface area contributed by atoms with E-state index in [2.05, 4.69) is 10.3 Å². The Morgan fingerprint density at radius 2 is 2.29 bits per heavy atom. The highest BCUT2D eigenvalue weighted by Crippen LogP contribution is 2.16. The van der Waals surface area contributed by atoms with E-state index < -0.39 is 0 Å². The third kappa shape index (κ3) is 2.45. The fraction of sp³-hybridized carbons (Fsp3) is 0.300. The quantitative estimate of drug-likeness (QED) is 0.558. The van der Waals surface area contributed by atoms with Crippen LogP contribution in [0.2, 0.25) is 0 Å². The molecule has 4 heteroatoms. The summed E-state index contributed by atoms with van der Waals surface area (Å²) >= 11 is 0. The first-order valence-corrected chi connectivity index (χ1v) is 4.45. The first kappa shape index (κ1) is 10.5. The van der Waals surface area contributed by atoms with Crippen molar-refractivity contribution in [3.05, 3.63) is 29.6 Å². The van der Waals surface area contributed by atoms with Gasteiger partial charge in [-0.15, -0.1) is 0 Å². The summed E-state index contributed by atoms with van der Waals surface area (Å²) in [6.07, 6.45) is 0.859. The zero-order valence-electron chi connectivity index (χ0n) is 8.34. The molecular weight excluding hydrogens is 181 g/mol. The van der Waals surface area contributed by atoms with Crippen LogP contribution in [-0.4, -0.2) is 13.0 Å². The zero-order valence-corrected chi connectivity index (χ0v) is 8.34. The van der Waals surface area contributed by atoms with Gasteiger partial charge < -0.3 is 11.1 Å². The maximum absolute atomic E-state index is 13.2. The molecule has 0 fully saturated rings. The van der Waals surface area contributed by atoms with Gasteiger partial charge in [-0.2, -0.15) is 0 Å². The Bertz CT molecular complexity index is 347. The molecule has 0 spiro atoms. The van der Waals surface area contributed by atoms with E-state index in [0.29, 0.717) is 5.69 Å². The molecule has 0 aliphatic heterocycles. The Balaban J connectivity index is 2.95. The lowest BCUT2D eigenvalue weighted by Crippen LogP contribution is -2.22. The van der Waals surface area contributed by atoms with Gasteiger partial charge in [-0.05, 0) is 24.1 Å². The van der Waals surface area contributed by atoms with Gasteiger partial charge in [-0.1, -0.05) is 13.0 Å². The maximum Gasteiger partial charge on any atom is 0.192 e. The van der Waals surface area contributed by atoms with Crippen LogP contribution in [0.15, 0.2) is 23.2 Å². The van der Waals surface area contributed by atoms with Crippen LogP contribution >= 0.6 is 0 Å². The maximum atomic E-state index is 13.2. The Hall–Kier alpha value is -1.58. The molecule has 0 amide bonds. The van der Waals surface area contributed by atoms with Crippen molar-refractivity contribution in [2.24, 2.45) is 10.7 Å². The van der Waals surface area contributed by atoms with Crippen molar-refractivity contribution in [1.29, 1.82) is 0 Å². The second-order valence-electron chi connectivity index (χ2n) is 2.90. The van der Waals surface area contributed by atoms with E-state index in [1.54, 1.807) is 19.2 Å². The fourth-order valence-corrected chi connectivity index (χ4v) is 1.08. The molecule has 0 radical (unpaired) electrons. The second kappa shape index (κ2) is 4.60. The highest BCUT2D eigenvalue weighted by molar-refractivity contribution is 5.92. The minimum absolute atomic E-state index is 0.206. The number of aryl methyl sites for hydroxylation is 1. The van der Waals surface area contributed by atoms with Crippen molar-refractivity contribution < 1.29 is 4.39 Å². The van der Waals surface area contributed by atoms with E-state index in [9.17, 15) is 4.39 Å². The first-order valence-electron chi connectivity index (χ1n) is 4.45. The molecule has 0 atom stereocenters. The molecule has 14 heavy (non-hydrogen) atoms. The minimum Gasteiger partial charge on any atom is -0.370 e. The third-order valence-corrected chi connectivity index (χ3v) is 1.94. The van der Waals surface area contributed by atoms with Crippen molar-refractivity contribution in [1.82, 2.24) is 0 Å². The van der Waals surface area contributed by atoms with Crippen LogP contribution in [0.25, 0.3) is 0 Å². The molecule has 1 aromatic carbocycles. The van der Waals surface area contributed by atoms with Gasteiger partial charge >= 0.3 is 0 Å². The smallest absolute Gasteiger partial charge is 0.192 e. The fourth-order valence-electron chi connectivity index (χ4n) is 1.08. The molecule has 0 saturated heterocycles. The predicted octanol–water partition coefficient (Wildman–Crippen LogP) is 1.74. The second-order valence-corrected chi connectivity index (χ2v) is 2.90. The summed E-state index contributed by atoms with van der Waals surface area (Å²) in [4.78, 5) is 3.70. The summed E-state index contributed by atoms with van der Waals surface area (Å²) < 4.78 is 13.2. The monoisotopic (exact) mass is 195 g/mol. The van der Waals surface area contributed by atoms with E-state index in [4.69, 9.17) is 5.73 Å². The average molecular weight is 195 g/mol. The molecule has 0 aliphatic rings. The van der Waals surface area contributed by atoms with E-state index in [0.717, 1.165) is 12.0 Å². The van der Waals surface area contributed by atoms with Crippen LogP contribution in [0.5, 0.6) is 0 Å². The van der Waals surface area contributed by atoms with E-state index in [-0.39, 0.29) is 11.8 Å². The Labute approximate surface area is 82.8 Å². The number of guanidine groups is 1. The molecule has 76 valence electrons. The lowest BCUT2D eigenvalue weighted by molar-refractivity contribution is 0.631. The van der Waals surface area contributed by atoms with Crippen molar-refractivity contribution >= 4 is 11.6 Å². The number of anilines is 1. The Kier molecular flexibility index (Phi) is 3.45. The van der Waals surface area contributed by atoms with Crippen LogP contribution in [0, 0.1) is 5.82 Å². The molecule has 3 N–H and O–H groups in total. The van der Waals surface area contributed by atoms with Gasteiger partial charge in [0.2, 0.25) is 0 Å². The summed E-state index contributed by atoms with van der Waals surface area (Å²) in [6, 6.07) is 4.90. The molecule has 0 bridgehead atoms. The Morgan fingerprint density at radius 3 is 2.86 bits per heavy atom. The van der Waals surface area contributed by atoms with Crippen molar-refractivity contribution in [2.75, 3.05) is 12.4 Å². The lowest BCUT2D eigenvalue weighted by atomic mass is 10.1. The molecule has 0 saturated carbocycles. The highest BCUT2D eigenvalue weighted by atomic mass is 19.1. The van der Waals surface area contributed by atoms with Crippen LogP contribution < -0.4 is 11.1 Å². The number of benzene rings is 1. The average Bonchev–Trinajstić information content (AvgIpc) is 2.21. The van der Waals surface area contributed by atoms with Crippen LogP contribution in [0.4, 0.5) is 10.1 Å². The number of hydrogen-bond acceptors (Lipinski definition) is 1. The van der Waals surface area contributed by atoms with E-state index in [1.165, 1.54) is 6.07 Å². The van der Waals surface area contributed by atoms with Crippen LogP contribution in [0.1, 0.15) is 12.5 Å². The number of nitrogens with two attached hydrogens (primary N) is 1. The SMILES string of the molecule is CCc1ccc(F)c(NC(N)=NC)c1. The van der Waals surface area contributed by atoms with Gasteiger partial charge in [0.05, 0.1) is 5.69 Å². The summed E-state index contributed by atoms with van der Waals surface area (Å²) in [7, 11) is 1.55. The van der Waals surface area contributed by atoms with Crippen molar-refractivity contribution in [3.8, 4) is 0 Å². The molecule has 0 aliphatic carbocycles. The topological polar surface area (TPSA) is 50.4 Å². The summed E-state index contributed by atoms with van der Waals surface area (Å²) in [5.41, 5.74) is 6.86. The Morgan fingerprint density at radius 1 is 1.57 bits per heavy atom. The summed E-state index contributed by atoms with van der Waals surface area (Å²) in [6.45, 7) is 2.01. The number of hydrogen-bond donors (Lipinski definition) is 2. The van der Waals surface area contributed by atoms with Crippen molar-refractivity contribution in [2.45, 2.75) is 13.3 Å². The van der Waals surface area contributed by atoms with Gasteiger partial charge in [-0.25, -0.2) is 4.39 Å². The molecule has 0 heterocycles. The molecule has 1 rings (SSSR count). The standard InChI is InChI=1S/C10H14FN3/c1-3-7-4-5-8(11)9(6-7)14-10(12)13-2/h4-6H,3H2,1-2H3,(H3,12,13,14). The number of aliphatic imine (C=N–C) groups is 1. The molecule has 3 nitrogen and oxygen atoms in total. The van der Waals surface area contributed by atoms with Crippen LogP contribution in [0.3, 0.4) is 0 Å². The van der Waals surface area contributed by atoms with Gasteiger partial charge in [0.1, 0.15) is 5.82 Å². The van der Waals surface area contributed by atoms with Gasteiger partial charge in [0.15, 0.2) is 5.96 Å². The number of nitrogens with zero attached hydrogens (tertiary/aromatic N) is 1. The summed E-state index contributed by atoms with van der Waals surface area (Å²) in [5, 5.41) is 2.69. The van der Waals surface area contributed by atoms with E-state index >= 15 is 0 Å². The largest absolute Gasteiger partial charge is 0.370 e. The zero-order chi connectivity index (χ0) is 10.6.